The quantitative estimate of drug-likeness (QED) is 0.705. The van der Waals surface area contributed by atoms with E-state index in [0.717, 1.165) is 12.0 Å². The molecule has 1 N–H and O–H groups in total. The Labute approximate surface area is 120 Å². The predicted octanol–water partition coefficient (Wildman–Crippen LogP) is 3.81. The first kappa shape index (κ1) is 15.3. The molecule has 2 heteroatoms. The summed E-state index contributed by atoms with van der Waals surface area (Å²) in [6.07, 6.45) is 14.4. The van der Waals surface area contributed by atoms with Gasteiger partial charge in [0, 0.05) is 19.1 Å². The number of hydrogen-bond donors (Lipinski definition) is 1. The minimum absolute atomic E-state index is 0.780. The molecule has 0 aromatic carbocycles. The molecule has 1 unspecified atom stereocenters. The van der Waals surface area contributed by atoms with Gasteiger partial charge < -0.3 is 10.2 Å². The molecule has 0 spiro atoms. The topological polar surface area (TPSA) is 15.3 Å². The number of hydrogen-bond acceptors (Lipinski definition) is 2. The van der Waals surface area contributed by atoms with Gasteiger partial charge in [0.25, 0.3) is 0 Å². The van der Waals surface area contributed by atoms with E-state index in [0.29, 0.717) is 0 Å². The van der Waals surface area contributed by atoms with E-state index in [1.54, 1.807) is 0 Å². The third-order valence-corrected chi connectivity index (χ3v) is 4.96. The maximum atomic E-state index is 3.67. The second kappa shape index (κ2) is 8.97. The molecule has 1 heterocycles. The largest absolute Gasteiger partial charge is 0.313 e. The van der Waals surface area contributed by atoms with Crippen LogP contribution in [0.2, 0.25) is 0 Å². The summed E-state index contributed by atoms with van der Waals surface area (Å²) in [4.78, 5) is 2.78. The first-order valence-corrected chi connectivity index (χ1v) is 8.84. The number of nitrogens with one attached hydrogen (secondary N) is 1. The Kier molecular flexibility index (Phi) is 7.23. The predicted molar refractivity (Wildman–Crippen MR) is 83.6 cm³/mol. The van der Waals surface area contributed by atoms with E-state index in [1.807, 2.05) is 0 Å². The third kappa shape index (κ3) is 5.83. The zero-order valence-corrected chi connectivity index (χ0v) is 13.0. The highest BCUT2D eigenvalue weighted by atomic mass is 15.2. The minimum Gasteiger partial charge on any atom is -0.313 e. The fourth-order valence-corrected chi connectivity index (χ4v) is 3.77. The van der Waals surface area contributed by atoms with Crippen molar-refractivity contribution in [2.45, 2.75) is 77.2 Å². The fraction of sp³-hybridized carbons (Fsp3) is 1.00. The molecule has 1 aliphatic carbocycles. The van der Waals surface area contributed by atoms with Crippen LogP contribution >= 0.6 is 0 Å². The molecule has 0 bridgehead atoms. The summed E-state index contributed by atoms with van der Waals surface area (Å²) in [6, 6.07) is 0.780. The van der Waals surface area contributed by atoms with Gasteiger partial charge in [-0.15, -0.1) is 0 Å². The van der Waals surface area contributed by atoms with Gasteiger partial charge in [-0.05, 0) is 51.1 Å². The van der Waals surface area contributed by atoms with E-state index in [9.17, 15) is 0 Å². The number of unbranched alkanes of at least 4 members (excludes halogenated alkanes) is 1. The van der Waals surface area contributed by atoms with E-state index < -0.39 is 0 Å². The van der Waals surface area contributed by atoms with Crippen molar-refractivity contribution >= 4 is 0 Å². The maximum Gasteiger partial charge on any atom is 0.0195 e. The summed E-state index contributed by atoms with van der Waals surface area (Å²) in [6.45, 7) is 7.56. The summed E-state index contributed by atoms with van der Waals surface area (Å²) < 4.78 is 0. The van der Waals surface area contributed by atoms with Gasteiger partial charge in [0.05, 0.1) is 0 Å². The van der Waals surface area contributed by atoms with Crippen molar-refractivity contribution in [2.24, 2.45) is 5.92 Å². The molecule has 0 aromatic rings. The van der Waals surface area contributed by atoms with Crippen molar-refractivity contribution in [1.82, 2.24) is 10.2 Å². The van der Waals surface area contributed by atoms with E-state index in [4.69, 9.17) is 0 Å². The van der Waals surface area contributed by atoms with Crippen LogP contribution < -0.4 is 5.32 Å². The molecular formula is C17H34N2. The van der Waals surface area contributed by atoms with Crippen LogP contribution in [0.4, 0.5) is 0 Å². The second-order valence-corrected chi connectivity index (χ2v) is 6.76. The van der Waals surface area contributed by atoms with Crippen LogP contribution in [0.15, 0.2) is 0 Å². The summed E-state index contributed by atoms with van der Waals surface area (Å²) >= 11 is 0. The zero-order chi connectivity index (χ0) is 13.3. The first-order valence-electron chi connectivity index (χ1n) is 8.84. The van der Waals surface area contributed by atoms with Gasteiger partial charge in [-0.3, -0.25) is 0 Å². The second-order valence-electron chi connectivity index (χ2n) is 6.76. The highest BCUT2D eigenvalue weighted by molar-refractivity contribution is 4.79. The molecule has 2 nitrogen and oxygen atoms in total. The lowest BCUT2D eigenvalue weighted by molar-refractivity contribution is 0.200. The van der Waals surface area contributed by atoms with E-state index in [2.05, 4.69) is 17.1 Å². The Balaban J connectivity index is 1.77. The molecule has 0 amide bonds. The van der Waals surface area contributed by atoms with Crippen molar-refractivity contribution in [3.63, 3.8) is 0 Å². The molecule has 0 aromatic heterocycles. The van der Waals surface area contributed by atoms with Crippen LogP contribution in [-0.2, 0) is 0 Å². The molecule has 0 radical (unpaired) electrons. The highest BCUT2D eigenvalue weighted by Crippen LogP contribution is 2.24. The van der Waals surface area contributed by atoms with Gasteiger partial charge in [0.1, 0.15) is 0 Å². The Morgan fingerprint density at radius 3 is 2.37 bits per heavy atom. The van der Waals surface area contributed by atoms with Crippen LogP contribution in [0.3, 0.4) is 0 Å². The molecule has 1 saturated carbocycles. The third-order valence-electron chi connectivity index (χ3n) is 4.96. The van der Waals surface area contributed by atoms with Gasteiger partial charge in [-0.1, -0.05) is 39.0 Å². The van der Waals surface area contributed by atoms with Crippen LogP contribution in [0.1, 0.15) is 71.1 Å². The molecule has 1 atom stereocenters. The smallest absolute Gasteiger partial charge is 0.0195 e. The molecular weight excluding hydrogens is 232 g/mol. The van der Waals surface area contributed by atoms with Gasteiger partial charge >= 0.3 is 0 Å². The average Bonchev–Trinajstić information content (AvgIpc) is 2.79. The number of nitrogens with zero attached hydrogens (tertiary/aromatic N) is 1. The molecule has 2 aliphatic rings. The molecule has 2 fully saturated rings. The van der Waals surface area contributed by atoms with Crippen LogP contribution in [0, 0.1) is 5.92 Å². The Bertz CT molecular complexity index is 215. The monoisotopic (exact) mass is 266 g/mol. The lowest BCUT2D eigenvalue weighted by Crippen LogP contribution is -2.40. The van der Waals surface area contributed by atoms with Crippen molar-refractivity contribution in [3.05, 3.63) is 0 Å². The van der Waals surface area contributed by atoms with Crippen molar-refractivity contribution in [2.75, 3.05) is 26.2 Å². The molecule has 2 rings (SSSR count). The van der Waals surface area contributed by atoms with Gasteiger partial charge in [0.2, 0.25) is 0 Å². The summed E-state index contributed by atoms with van der Waals surface area (Å²) in [5.74, 6) is 0.987. The maximum absolute atomic E-state index is 3.67. The normalized spacial score (nSPS) is 25.9. The summed E-state index contributed by atoms with van der Waals surface area (Å²) in [7, 11) is 0. The Hall–Kier alpha value is -0.0800. The molecule has 112 valence electrons. The lowest BCUT2D eigenvalue weighted by atomic mass is 9.99. The minimum atomic E-state index is 0.780. The van der Waals surface area contributed by atoms with E-state index >= 15 is 0 Å². The van der Waals surface area contributed by atoms with Crippen LogP contribution in [-0.4, -0.2) is 37.1 Å². The fourth-order valence-electron chi connectivity index (χ4n) is 3.77. The summed E-state index contributed by atoms with van der Waals surface area (Å²) in [5, 5.41) is 3.67. The molecule has 19 heavy (non-hydrogen) atoms. The molecule has 1 aliphatic heterocycles. The van der Waals surface area contributed by atoms with Crippen molar-refractivity contribution < 1.29 is 0 Å². The van der Waals surface area contributed by atoms with Crippen molar-refractivity contribution in [3.8, 4) is 0 Å². The standard InChI is InChI=1S/C17H34N2/c1-2-3-13-19(15-17-11-8-12-18-17)14-16-9-6-4-5-7-10-16/h16-18H,2-15H2,1H3. The SMILES string of the molecule is CCCCN(CC1CCCCCC1)CC1CCCN1. The van der Waals surface area contributed by atoms with Crippen LogP contribution in [0.5, 0.6) is 0 Å². The van der Waals surface area contributed by atoms with Gasteiger partial charge in [-0.2, -0.15) is 0 Å². The first-order chi connectivity index (χ1) is 9.38. The van der Waals surface area contributed by atoms with Gasteiger partial charge in [0.15, 0.2) is 0 Å². The summed E-state index contributed by atoms with van der Waals surface area (Å²) in [5.41, 5.74) is 0. The number of rotatable bonds is 7. The van der Waals surface area contributed by atoms with Crippen LogP contribution in [0.25, 0.3) is 0 Å². The van der Waals surface area contributed by atoms with E-state index in [1.165, 1.54) is 90.4 Å². The molecule has 1 saturated heterocycles. The Morgan fingerprint density at radius 1 is 0.947 bits per heavy atom. The zero-order valence-electron chi connectivity index (χ0n) is 13.0. The van der Waals surface area contributed by atoms with Gasteiger partial charge in [-0.25, -0.2) is 0 Å². The highest BCUT2D eigenvalue weighted by Gasteiger charge is 2.21. The average molecular weight is 266 g/mol. The van der Waals surface area contributed by atoms with E-state index in [-0.39, 0.29) is 0 Å². The lowest BCUT2D eigenvalue weighted by Gasteiger charge is -2.29. The van der Waals surface area contributed by atoms with Crippen molar-refractivity contribution in [1.29, 1.82) is 0 Å². The Morgan fingerprint density at radius 2 is 1.74 bits per heavy atom.